The number of hydrogen-bond donors (Lipinski definition) is 1. The maximum atomic E-state index is 12.0. The first-order chi connectivity index (χ1) is 11.5. The molecule has 7 heteroatoms. The van der Waals surface area contributed by atoms with Crippen LogP contribution in [0.4, 0.5) is 0 Å². The van der Waals surface area contributed by atoms with Crippen LogP contribution in [0.1, 0.15) is 49.4 Å². The average molecular weight is 330 g/mol. The number of amides is 1. The SMILES string of the molecule is CCC(=O)c1ccc(OCC(=O)NC(C)c2ncnn2CC)cc1. The van der Waals surface area contributed by atoms with Crippen molar-refractivity contribution in [2.75, 3.05) is 6.61 Å². The summed E-state index contributed by atoms with van der Waals surface area (Å²) in [5, 5.41) is 6.91. The van der Waals surface area contributed by atoms with Crippen LogP contribution in [0, 0.1) is 0 Å². The summed E-state index contributed by atoms with van der Waals surface area (Å²) in [7, 11) is 0. The fourth-order valence-electron chi connectivity index (χ4n) is 2.29. The number of carbonyl (C=O) groups excluding carboxylic acids is 2. The molecule has 0 spiro atoms. The van der Waals surface area contributed by atoms with Crippen molar-refractivity contribution in [3.63, 3.8) is 0 Å². The third-order valence-corrected chi connectivity index (χ3v) is 3.58. The zero-order valence-electron chi connectivity index (χ0n) is 14.2. The Balaban J connectivity index is 1.85. The second-order valence-electron chi connectivity index (χ2n) is 5.31. The predicted molar refractivity (Wildman–Crippen MR) is 88.8 cm³/mol. The number of ether oxygens (including phenoxy) is 1. The van der Waals surface area contributed by atoms with Crippen molar-refractivity contribution < 1.29 is 14.3 Å². The summed E-state index contributed by atoms with van der Waals surface area (Å²) >= 11 is 0. The maximum Gasteiger partial charge on any atom is 0.258 e. The van der Waals surface area contributed by atoms with Crippen molar-refractivity contribution in [3.8, 4) is 5.75 Å². The molecule has 1 N–H and O–H groups in total. The molecule has 24 heavy (non-hydrogen) atoms. The standard InChI is InChI=1S/C17H22N4O3/c1-4-15(22)13-6-8-14(9-7-13)24-10-16(23)20-12(3)17-18-11-19-21(17)5-2/h6-9,11-12H,4-5,10H2,1-3H3,(H,20,23). The van der Waals surface area contributed by atoms with Crippen LogP contribution < -0.4 is 10.1 Å². The molecule has 0 saturated carbocycles. The third-order valence-electron chi connectivity index (χ3n) is 3.58. The fourth-order valence-corrected chi connectivity index (χ4v) is 2.29. The molecular weight excluding hydrogens is 308 g/mol. The van der Waals surface area contributed by atoms with Crippen LogP contribution in [-0.4, -0.2) is 33.1 Å². The Morgan fingerprint density at radius 3 is 2.58 bits per heavy atom. The van der Waals surface area contributed by atoms with Gasteiger partial charge in [-0.3, -0.25) is 9.59 Å². The van der Waals surface area contributed by atoms with E-state index >= 15 is 0 Å². The van der Waals surface area contributed by atoms with Crippen LogP contribution in [0.2, 0.25) is 0 Å². The van der Waals surface area contributed by atoms with Gasteiger partial charge in [0.15, 0.2) is 12.4 Å². The molecule has 1 heterocycles. The molecule has 2 rings (SSSR count). The highest BCUT2D eigenvalue weighted by molar-refractivity contribution is 5.95. The van der Waals surface area contributed by atoms with Gasteiger partial charge in [-0.1, -0.05) is 6.92 Å². The van der Waals surface area contributed by atoms with Crippen LogP contribution in [0.15, 0.2) is 30.6 Å². The second kappa shape index (κ2) is 8.24. The number of nitrogens with zero attached hydrogens (tertiary/aromatic N) is 3. The quantitative estimate of drug-likeness (QED) is 0.750. The van der Waals surface area contributed by atoms with E-state index in [0.717, 1.165) is 0 Å². The zero-order chi connectivity index (χ0) is 17.5. The van der Waals surface area contributed by atoms with Crippen molar-refractivity contribution in [3.05, 3.63) is 42.0 Å². The van der Waals surface area contributed by atoms with Gasteiger partial charge in [-0.2, -0.15) is 5.10 Å². The first kappa shape index (κ1) is 17.7. The number of hydrogen-bond acceptors (Lipinski definition) is 5. The van der Waals surface area contributed by atoms with Crippen LogP contribution in [0.3, 0.4) is 0 Å². The Kier molecular flexibility index (Phi) is 6.06. The van der Waals surface area contributed by atoms with E-state index in [1.54, 1.807) is 28.9 Å². The minimum Gasteiger partial charge on any atom is -0.484 e. The molecule has 0 radical (unpaired) electrons. The van der Waals surface area contributed by atoms with Gasteiger partial charge in [-0.15, -0.1) is 0 Å². The summed E-state index contributed by atoms with van der Waals surface area (Å²) in [6.07, 6.45) is 1.93. The predicted octanol–water partition coefficient (Wildman–Crippen LogP) is 2.15. The number of aryl methyl sites for hydroxylation is 1. The molecule has 0 fully saturated rings. The van der Waals surface area contributed by atoms with Crippen LogP contribution >= 0.6 is 0 Å². The second-order valence-corrected chi connectivity index (χ2v) is 5.31. The monoisotopic (exact) mass is 330 g/mol. The number of rotatable bonds is 8. The van der Waals surface area contributed by atoms with Gasteiger partial charge in [0.2, 0.25) is 0 Å². The fraction of sp³-hybridized carbons (Fsp3) is 0.412. The molecule has 0 saturated heterocycles. The van der Waals surface area contributed by atoms with Gasteiger partial charge in [0.25, 0.3) is 5.91 Å². The van der Waals surface area contributed by atoms with Crippen molar-refractivity contribution in [1.29, 1.82) is 0 Å². The Labute approximate surface area is 141 Å². The van der Waals surface area contributed by atoms with E-state index in [-0.39, 0.29) is 24.3 Å². The summed E-state index contributed by atoms with van der Waals surface area (Å²) < 4.78 is 7.18. The van der Waals surface area contributed by atoms with E-state index in [4.69, 9.17) is 4.74 Å². The van der Waals surface area contributed by atoms with E-state index < -0.39 is 0 Å². The molecule has 0 aliphatic carbocycles. The average Bonchev–Trinajstić information content (AvgIpc) is 3.08. The molecule has 1 aromatic carbocycles. The van der Waals surface area contributed by atoms with E-state index in [2.05, 4.69) is 15.4 Å². The third kappa shape index (κ3) is 4.41. The van der Waals surface area contributed by atoms with E-state index in [1.165, 1.54) is 6.33 Å². The van der Waals surface area contributed by atoms with Crippen molar-refractivity contribution in [2.24, 2.45) is 0 Å². The molecule has 0 aliphatic heterocycles. The lowest BCUT2D eigenvalue weighted by Crippen LogP contribution is -2.32. The van der Waals surface area contributed by atoms with E-state index in [9.17, 15) is 9.59 Å². The largest absolute Gasteiger partial charge is 0.484 e. The lowest BCUT2D eigenvalue weighted by Gasteiger charge is -2.14. The molecule has 1 unspecified atom stereocenters. The number of carbonyl (C=O) groups is 2. The zero-order valence-corrected chi connectivity index (χ0v) is 14.2. The molecule has 2 aromatic rings. The summed E-state index contributed by atoms with van der Waals surface area (Å²) in [4.78, 5) is 27.7. The van der Waals surface area contributed by atoms with Crippen molar-refractivity contribution in [2.45, 2.75) is 39.8 Å². The minimum absolute atomic E-state index is 0.0770. The van der Waals surface area contributed by atoms with E-state index in [0.29, 0.717) is 30.1 Å². The summed E-state index contributed by atoms with van der Waals surface area (Å²) in [6, 6.07) is 6.52. The highest BCUT2D eigenvalue weighted by Crippen LogP contribution is 2.14. The summed E-state index contributed by atoms with van der Waals surface area (Å²) in [5.74, 6) is 1.07. The van der Waals surface area contributed by atoms with Gasteiger partial charge in [-0.25, -0.2) is 9.67 Å². The van der Waals surface area contributed by atoms with Gasteiger partial charge in [0, 0.05) is 18.5 Å². The molecule has 0 aliphatic rings. The van der Waals surface area contributed by atoms with Gasteiger partial charge < -0.3 is 10.1 Å². The number of Topliss-reactive ketones (excluding diaryl/α,β-unsaturated/α-hetero) is 1. The van der Waals surface area contributed by atoms with Gasteiger partial charge in [0.1, 0.15) is 17.9 Å². The van der Waals surface area contributed by atoms with Crippen molar-refractivity contribution >= 4 is 11.7 Å². The molecule has 0 bridgehead atoms. The van der Waals surface area contributed by atoms with Crippen LogP contribution in [0.25, 0.3) is 0 Å². The number of benzene rings is 1. The topological polar surface area (TPSA) is 86.1 Å². The number of aromatic nitrogens is 3. The lowest BCUT2D eigenvalue weighted by molar-refractivity contribution is -0.123. The smallest absolute Gasteiger partial charge is 0.258 e. The highest BCUT2D eigenvalue weighted by atomic mass is 16.5. The maximum absolute atomic E-state index is 12.0. The molecule has 128 valence electrons. The normalized spacial score (nSPS) is 11.8. The summed E-state index contributed by atoms with van der Waals surface area (Å²) in [5.41, 5.74) is 0.641. The van der Waals surface area contributed by atoms with E-state index in [1.807, 2.05) is 20.8 Å². The molecule has 1 aromatic heterocycles. The summed E-state index contributed by atoms with van der Waals surface area (Å²) in [6.45, 7) is 6.21. The van der Waals surface area contributed by atoms with Crippen LogP contribution in [0.5, 0.6) is 5.75 Å². The molecule has 1 amide bonds. The van der Waals surface area contributed by atoms with Crippen molar-refractivity contribution in [1.82, 2.24) is 20.1 Å². The molecular formula is C17H22N4O3. The van der Waals surface area contributed by atoms with Crippen LogP contribution in [-0.2, 0) is 11.3 Å². The number of ketones is 1. The van der Waals surface area contributed by atoms with Gasteiger partial charge >= 0.3 is 0 Å². The molecule has 7 nitrogen and oxygen atoms in total. The Hall–Kier alpha value is -2.70. The van der Waals surface area contributed by atoms with Gasteiger partial charge in [-0.05, 0) is 38.1 Å². The minimum atomic E-state index is -0.256. The first-order valence-electron chi connectivity index (χ1n) is 7.98. The van der Waals surface area contributed by atoms with Gasteiger partial charge in [0.05, 0.1) is 6.04 Å². The number of nitrogens with one attached hydrogen (secondary N) is 1. The Morgan fingerprint density at radius 2 is 1.96 bits per heavy atom. The Bertz CT molecular complexity index is 694. The Morgan fingerprint density at radius 1 is 1.25 bits per heavy atom. The first-order valence-corrected chi connectivity index (χ1v) is 7.98. The highest BCUT2D eigenvalue weighted by Gasteiger charge is 2.15. The lowest BCUT2D eigenvalue weighted by atomic mass is 10.1. The molecule has 1 atom stereocenters.